The van der Waals surface area contributed by atoms with Crippen LogP contribution in [0.1, 0.15) is 10.4 Å². The lowest BCUT2D eigenvalue weighted by Crippen LogP contribution is -2.10. The zero-order valence-corrected chi connectivity index (χ0v) is 10.1. The van der Waals surface area contributed by atoms with Crippen molar-refractivity contribution >= 4 is 27.6 Å². The van der Waals surface area contributed by atoms with Crippen LogP contribution in [0.5, 0.6) is 0 Å². The van der Waals surface area contributed by atoms with Crippen molar-refractivity contribution in [1.29, 1.82) is 0 Å². The number of benzene rings is 1. The van der Waals surface area contributed by atoms with Crippen molar-refractivity contribution in [2.45, 2.75) is 0 Å². The van der Waals surface area contributed by atoms with E-state index in [1.807, 2.05) is 6.07 Å². The van der Waals surface area contributed by atoms with E-state index >= 15 is 0 Å². The summed E-state index contributed by atoms with van der Waals surface area (Å²) in [5.41, 5.74) is 0.559. The molecule has 0 aliphatic heterocycles. The maximum absolute atomic E-state index is 12.0. The molecule has 1 N–H and O–H groups in total. The highest BCUT2D eigenvalue weighted by molar-refractivity contribution is 6.11. The number of aromatic nitrogens is 2. The molecule has 3 rings (SSSR count). The standard InChI is InChI=1S/C14H10N2O3/c1-19-14(18)10-4-2-3-8-11-7-15-6-5-9(11)13(17)16-12(8)10/h2-7H,1H3,(H,16,17). The highest BCUT2D eigenvalue weighted by Gasteiger charge is 2.13. The highest BCUT2D eigenvalue weighted by Crippen LogP contribution is 2.23. The van der Waals surface area contributed by atoms with Gasteiger partial charge in [0.1, 0.15) is 0 Å². The van der Waals surface area contributed by atoms with Gasteiger partial charge in [0.2, 0.25) is 0 Å². The van der Waals surface area contributed by atoms with E-state index in [1.165, 1.54) is 7.11 Å². The Morgan fingerprint density at radius 3 is 2.84 bits per heavy atom. The summed E-state index contributed by atoms with van der Waals surface area (Å²) < 4.78 is 4.72. The smallest absolute Gasteiger partial charge is 0.339 e. The van der Waals surface area contributed by atoms with Gasteiger partial charge in [0.25, 0.3) is 5.56 Å². The average Bonchev–Trinajstić information content (AvgIpc) is 2.46. The van der Waals surface area contributed by atoms with E-state index in [-0.39, 0.29) is 5.56 Å². The monoisotopic (exact) mass is 254 g/mol. The third kappa shape index (κ3) is 1.67. The summed E-state index contributed by atoms with van der Waals surface area (Å²) in [6.07, 6.45) is 3.18. The molecular weight excluding hydrogens is 244 g/mol. The Bertz CT molecular complexity index is 852. The minimum absolute atomic E-state index is 0.249. The van der Waals surface area contributed by atoms with Crippen molar-refractivity contribution in [3.8, 4) is 0 Å². The van der Waals surface area contributed by atoms with Gasteiger partial charge in [-0.3, -0.25) is 9.78 Å². The van der Waals surface area contributed by atoms with Crippen molar-refractivity contribution in [2.75, 3.05) is 7.11 Å². The van der Waals surface area contributed by atoms with Crippen molar-refractivity contribution in [2.24, 2.45) is 0 Å². The number of hydrogen-bond donors (Lipinski definition) is 1. The lowest BCUT2D eigenvalue weighted by molar-refractivity contribution is 0.0603. The number of aromatic amines is 1. The van der Waals surface area contributed by atoms with Gasteiger partial charge in [0.15, 0.2) is 0 Å². The van der Waals surface area contributed by atoms with Gasteiger partial charge in [0.05, 0.1) is 23.6 Å². The molecule has 0 fully saturated rings. The number of carbonyl (C=O) groups is 1. The highest BCUT2D eigenvalue weighted by atomic mass is 16.5. The first-order chi connectivity index (χ1) is 9.22. The summed E-state index contributed by atoms with van der Waals surface area (Å²) in [7, 11) is 1.31. The topological polar surface area (TPSA) is 72.1 Å². The van der Waals surface area contributed by atoms with Crippen LogP contribution in [0.2, 0.25) is 0 Å². The van der Waals surface area contributed by atoms with E-state index in [0.29, 0.717) is 21.9 Å². The predicted octanol–water partition coefficient (Wildman–Crippen LogP) is 1.86. The summed E-state index contributed by atoms with van der Waals surface area (Å²) >= 11 is 0. The molecule has 0 amide bonds. The summed E-state index contributed by atoms with van der Waals surface area (Å²) in [5, 5.41) is 2.03. The second kappa shape index (κ2) is 4.20. The van der Waals surface area contributed by atoms with Crippen molar-refractivity contribution in [3.05, 3.63) is 52.6 Å². The van der Waals surface area contributed by atoms with Crippen molar-refractivity contribution < 1.29 is 9.53 Å². The lowest BCUT2D eigenvalue weighted by Gasteiger charge is -2.06. The predicted molar refractivity (Wildman–Crippen MR) is 71.2 cm³/mol. The normalized spacial score (nSPS) is 10.8. The van der Waals surface area contributed by atoms with Gasteiger partial charge < -0.3 is 9.72 Å². The number of hydrogen-bond acceptors (Lipinski definition) is 4. The third-order valence-electron chi connectivity index (χ3n) is 3.06. The Morgan fingerprint density at radius 1 is 1.21 bits per heavy atom. The summed E-state index contributed by atoms with van der Waals surface area (Å²) in [5.74, 6) is -0.482. The first-order valence-corrected chi connectivity index (χ1v) is 5.69. The van der Waals surface area contributed by atoms with Gasteiger partial charge in [-0.25, -0.2) is 4.79 Å². The van der Waals surface area contributed by atoms with Gasteiger partial charge in [-0.1, -0.05) is 12.1 Å². The molecule has 5 heteroatoms. The second-order valence-corrected chi connectivity index (χ2v) is 4.10. The number of ether oxygens (including phenoxy) is 1. The molecule has 94 valence electrons. The molecule has 5 nitrogen and oxygen atoms in total. The van der Waals surface area contributed by atoms with E-state index < -0.39 is 5.97 Å². The second-order valence-electron chi connectivity index (χ2n) is 4.10. The quantitative estimate of drug-likeness (QED) is 0.531. The molecule has 19 heavy (non-hydrogen) atoms. The third-order valence-corrected chi connectivity index (χ3v) is 3.06. The van der Waals surface area contributed by atoms with Crippen LogP contribution in [-0.2, 0) is 4.74 Å². The zero-order valence-electron chi connectivity index (χ0n) is 10.1. The minimum Gasteiger partial charge on any atom is -0.465 e. The number of fused-ring (bicyclic) bond motifs is 3. The number of pyridine rings is 2. The molecule has 2 aromatic heterocycles. The van der Waals surface area contributed by atoms with Crippen LogP contribution in [0.25, 0.3) is 21.7 Å². The zero-order chi connectivity index (χ0) is 13.4. The van der Waals surface area contributed by atoms with Crippen LogP contribution in [0.15, 0.2) is 41.5 Å². The average molecular weight is 254 g/mol. The number of rotatable bonds is 1. The molecule has 0 unspecified atom stereocenters. The number of methoxy groups -OCH3 is 1. The largest absolute Gasteiger partial charge is 0.465 e. The molecule has 0 atom stereocenters. The van der Waals surface area contributed by atoms with E-state index in [2.05, 4.69) is 9.97 Å². The van der Waals surface area contributed by atoms with Crippen LogP contribution in [0, 0.1) is 0 Å². The molecule has 1 aromatic carbocycles. The molecule has 0 spiro atoms. The molecule has 0 bridgehead atoms. The summed E-state index contributed by atoms with van der Waals surface area (Å²) in [4.78, 5) is 30.5. The Kier molecular flexibility index (Phi) is 2.52. The Balaban J connectivity index is 2.53. The van der Waals surface area contributed by atoms with Crippen LogP contribution < -0.4 is 5.56 Å². The molecule has 3 aromatic rings. The molecule has 0 aliphatic carbocycles. The molecular formula is C14H10N2O3. The molecule has 0 aliphatic rings. The van der Waals surface area contributed by atoms with E-state index in [0.717, 1.165) is 5.39 Å². The molecule has 0 radical (unpaired) electrons. The van der Waals surface area contributed by atoms with Gasteiger partial charge in [0, 0.05) is 23.2 Å². The fourth-order valence-corrected chi connectivity index (χ4v) is 2.18. The molecule has 0 saturated heterocycles. The number of carbonyl (C=O) groups excluding carboxylic acids is 1. The fourth-order valence-electron chi connectivity index (χ4n) is 2.18. The van der Waals surface area contributed by atoms with E-state index in [4.69, 9.17) is 4.74 Å². The maximum Gasteiger partial charge on any atom is 0.339 e. The van der Waals surface area contributed by atoms with Crippen LogP contribution in [0.3, 0.4) is 0 Å². The number of H-pyrrole nitrogens is 1. The van der Waals surface area contributed by atoms with Gasteiger partial charge in [-0.15, -0.1) is 0 Å². The number of para-hydroxylation sites is 1. The van der Waals surface area contributed by atoms with Crippen LogP contribution >= 0.6 is 0 Å². The molecule has 0 saturated carbocycles. The molecule has 2 heterocycles. The summed E-state index contributed by atoms with van der Waals surface area (Å²) in [6.45, 7) is 0. The number of esters is 1. The van der Waals surface area contributed by atoms with Crippen LogP contribution in [-0.4, -0.2) is 23.0 Å². The van der Waals surface area contributed by atoms with Gasteiger partial charge >= 0.3 is 5.97 Å². The van der Waals surface area contributed by atoms with Gasteiger partial charge in [-0.2, -0.15) is 0 Å². The Morgan fingerprint density at radius 2 is 2.05 bits per heavy atom. The SMILES string of the molecule is COC(=O)c1cccc2c1[nH]c(=O)c1ccncc12. The van der Waals surface area contributed by atoms with Crippen molar-refractivity contribution in [1.82, 2.24) is 9.97 Å². The van der Waals surface area contributed by atoms with Gasteiger partial charge in [-0.05, 0) is 12.1 Å². The maximum atomic E-state index is 12.0. The summed E-state index contributed by atoms with van der Waals surface area (Å²) in [6, 6.07) is 6.85. The van der Waals surface area contributed by atoms with E-state index in [9.17, 15) is 9.59 Å². The van der Waals surface area contributed by atoms with Crippen molar-refractivity contribution in [3.63, 3.8) is 0 Å². The number of nitrogens with one attached hydrogen (secondary N) is 1. The Hall–Kier alpha value is -2.69. The lowest BCUT2D eigenvalue weighted by atomic mass is 10.1. The first-order valence-electron chi connectivity index (χ1n) is 5.69. The Labute approximate surface area is 107 Å². The fraction of sp³-hybridized carbons (Fsp3) is 0.0714. The number of nitrogens with zero attached hydrogens (tertiary/aromatic N) is 1. The van der Waals surface area contributed by atoms with Crippen LogP contribution in [0.4, 0.5) is 0 Å². The minimum atomic E-state index is -0.482. The van der Waals surface area contributed by atoms with E-state index in [1.54, 1.807) is 30.6 Å². The first kappa shape index (κ1) is 11.4.